The van der Waals surface area contributed by atoms with Crippen molar-refractivity contribution in [1.29, 1.82) is 0 Å². The molecule has 1 spiro atoms. The molecule has 0 saturated carbocycles. The summed E-state index contributed by atoms with van der Waals surface area (Å²) in [6.45, 7) is 0. The molecule has 9 aromatic rings. The zero-order chi connectivity index (χ0) is 36.3. The Morgan fingerprint density at radius 3 is 1.31 bits per heavy atom. The number of hydrogen-bond donors (Lipinski definition) is 0. The highest BCUT2D eigenvalue weighted by Gasteiger charge is 2.51. The average molecular weight is 701 g/mol. The number of fused-ring (bicyclic) bond motifs is 10. The molecule has 0 amide bonds. The maximum atomic E-state index is 5.09. The Morgan fingerprint density at radius 1 is 0.273 bits per heavy atom. The Bertz CT molecular complexity index is 2850. The van der Waals surface area contributed by atoms with Gasteiger partial charge in [0.15, 0.2) is 17.5 Å². The quantitative estimate of drug-likeness (QED) is 0.179. The van der Waals surface area contributed by atoms with Crippen LogP contribution in [0.3, 0.4) is 0 Å². The molecular formula is C51H32N4. The summed E-state index contributed by atoms with van der Waals surface area (Å²) in [7, 11) is 0. The van der Waals surface area contributed by atoms with E-state index in [1.165, 1.54) is 50.1 Å². The minimum Gasteiger partial charge on any atom is -0.265 e. The lowest BCUT2D eigenvalue weighted by atomic mass is 9.70. The summed E-state index contributed by atoms with van der Waals surface area (Å²) in [6, 6.07) is 65.1. The predicted molar refractivity (Wildman–Crippen MR) is 221 cm³/mol. The van der Waals surface area contributed by atoms with Crippen molar-refractivity contribution in [2.75, 3.05) is 0 Å². The molecule has 0 saturated heterocycles. The molecule has 2 aliphatic rings. The molecule has 2 aliphatic carbocycles. The van der Waals surface area contributed by atoms with Crippen LogP contribution in [0.2, 0.25) is 0 Å². The summed E-state index contributed by atoms with van der Waals surface area (Å²) in [5.41, 5.74) is 17.4. The molecule has 11 rings (SSSR count). The van der Waals surface area contributed by atoms with Crippen molar-refractivity contribution in [3.8, 4) is 78.7 Å². The van der Waals surface area contributed by atoms with Crippen LogP contribution in [-0.2, 0) is 5.41 Å². The third-order valence-electron chi connectivity index (χ3n) is 11.3. The molecule has 7 aromatic carbocycles. The van der Waals surface area contributed by atoms with Gasteiger partial charge in [-0.05, 0) is 91.0 Å². The van der Waals surface area contributed by atoms with Crippen molar-refractivity contribution in [3.63, 3.8) is 0 Å². The van der Waals surface area contributed by atoms with Crippen LogP contribution in [0.25, 0.3) is 78.7 Å². The Morgan fingerprint density at radius 2 is 0.691 bits per heavy atom. The van der Waals surface area contributed by atoms with Gasteiger partial charge in [0.1, 0.15) is 0 Å². The number of benzene rings is 7. The van der Waals surface area contributed by atoms with E-state index in [1.54, 1.807) is 12.4 Å². The predicted octanol–water partition coefficient (Wildman–Crippen LogP) is 11.9. The fourth-order valence-electron chi connectivity index (χ4n) is 8.82. The highest BCUT2D eigenvalue weighted by Crippen LogP contribution is 2.63. The first kappa shape index (κ1) is 31.2. The Hall–Kier alpha value is -7.30. The van der Waals surface area contributed by atoms with E-state index in [9.17, 15) is 0 Å². The summed E-state index contributed by atoms with van der Waals surface area (Å²) in [5.74, 6) is 1.85. The number of aromatic nitrogens is 4. The lowest BCUT2D eigenvalue weighted by Gasteiger charge is -2.30. The van der Waals surface area contributed by atoms with Crippen LogP contribution in [0, 0.1) is 0 Å². The second-order valence-electron chi connectivity index (χ2n) is 14.2. The smallest absolute Gasteiger partial charge is 0.164 e. The molecule has 0 aliphatic heterocycles. The summed E-state index contributed by atoms with van der Waals surface area (Å²) in [4.78, 5) is 19.3. The van der Waals surface area contributed by atoms with Crippen LogP contribution in [0.4, 0.5) is 0 Å². The van der Waals surface area contributed by atoms with E-state index in [2.05, 4.69) is 169 Å². The molecule has 0 bridgehead atoms. The van der Waals surface area contributed by atoms with Crippen molar-refractivity contribution >= 4 is 0 Å². The first-order valence-electron chi connectivity index (χ1n) is 18.6. The maximum absolute atomic E-state index is 5.09. The van der Waals surface area contributed by atoms with Gasteiger partial charge in [0.05, 0.1) is 5.41 Å². The van der Waals surface area contributed by atoms with Gasteiger partial charge in [-0.25, -0.2) is 15.0 Å². The second kappa shape index (κ2) is 12.4. The highest BCUT2D eigenvalue weighted by atomic mass is 15.0. The topological polar surface area (TPSA) is 51.6 Å². The van der Waals surface area contributed by atoms with E-state index < -0.39 is 5.41 Å². The van der Waals surface area contributed by atoms with Crippen molar-refractivity contribution in [1.82, 2.24) is 19.9 Å². The first-order valence-corrected chi connectivity index (χ1v) is 18.6. The Kier molecular flexibility index (Phi) is 7.04. The van der Waals surface area contributed by atoms with Crippen molar-refractivity contribution in [2.45, 2.75) is 5.41 Å². The lowest BCUT2D eigenvalue weighted by Crippen LogP contribution is -2.25. The zero-order valence-electron chi connectivity index (χ0n) is 29.8. The monoisotopic (exact) mass is 700 g/mol. The van der Waals surface area contributed by atoms with E-state index in [1.807, 2.05) is 18.2 Å². The van der Waals surface area contributed by atoms with Crippen LogP contribution >= 0.6 is 0 Å². The van der Waals surface area contributed by atoms with E-state index in [-0.39, 0.29) is 0 Å². The van der Waals surface area contributed by atoms with Crippen molar-refractivity contribution in [2.24, 2.45) is 0 Å². The molecule has 0 radical (unpaired) electrons. The van der Waals surface area contributed by atoms with E-state index in [0.29, 0.717) is 17.5 Å². The van der Waals surface area contributed by atoms with E-state index in [4.69, 9.17) is 15.0 Å². The largest absolute Gasteiger partial charge is 0.265 e. The number of pyridine rings is 1. The highest BCUT2D eigenvalue weighted by molar-refractivity contribution is 5.96. The molecule has 2 heterocycles. The summed E-state index contributed by atoms with van der Waals surface area (Å²) < 4.78 is 0. The van der Waals surface area contributed by atoms with Gasteiger partial charge in [-0.15, -0.1) is 0 Å². The average Bonchev–Trinajstić information content (AvgIpc) is 3.74. The zero-order valence-corrected chi connectivity index (χ0v) is 29.8. The third kappa shape index (κ3) is 4.85. The molecule has 0 N–H and O–H groups in total. The SMILES string of the molecule is c1ccc(-c2ccc(-c3nc(-c4ccncc4)nc(-c4cccc(-c5ccc6c(c5)C5(c7ccccc7-c7ccccc75)c5ccccc5-6)c4)n3)cc2)cc1. The molecule has 0 unspecified atom stereocenters. The van der Waals surface area contributed by atoms with Gasteiger partial charge in [-0.1, -0.05) is 158 Å². The van der Waals surface area contributed by atoms with E-state index in [0.717, 1.165) is 33.4 Å². The number of hydrogen-bond acceptors (Lipinski definition) is 4. The van der Waals surface area contributed by atoms with Crippen molar-refractivity contribution in [3.05, 3.63) is 217 Å². The lowest BCUT2D eigenvalue weighted by molar-refractivity contribution is 0.794. The first-order chi connectivity index (χ1) is 27.3. The fraction of sp³-hybridized carbons (Fsp3) is 0.0196. The molecule has 4 heteroatoms. The molecular weight excluding hydrogens is 669 g/mol. The molecule has 55 heavy (non-hydrogen) atoms. The molecule has 2 aromatic heterocycles. The Labute approximate surface area is 319 Å². The minimum atomic E-state index is -0.397. The van der Waals surface area contributed by atoms with Crippen LogP contribution in [0.1, 0.15) is 22.3 Å². The standard InChI is InChI=1S/C51H32N4/c1-2-11-33(12-3-1)34-21-23-35(24-22-34)48-53-49(36-27-29-52-30-28-36)55-50(54-48)39-14-10-13-37(31-39)38-25-26-43-42-17-6-9-20-46(42)51(47(43)32-38)44-18-7-4-15-40(44)41-16-5-8-19-45(41)51/h1-32H. The van der Waals surface area contributed by atoms with E-state index >= 15 is 0 Å². The minimum absolute atomic E-state index is 0.397. The van der Waals surface area contributed by atoms with Gasteiger partial charge in [0.25, 0.3) is 0 Å². The number of nitrogens with zero attached hydrogens (tertiary/aromatic N) is 4. The van der Waals surface area contributed by atoms with Gasteiger partial charge >= 0.3 is 0 Å². The van der Waals surface area contributed by atoms with Gasteiger partial charge in [-0.2, -0.15) is 0 Å². The van der Waals surface area contributed by atoms with Crippen LogP contribution < -0.4 is 0 Å². The summed E-state index contributed by atoms with van der Waals surface area (Å²) in [6.07, 6.45) is 3.54. The van der Waals surface area contributed by atoms with Crippen LogP contribution in [0.15, 0.2) is 194 Å². The normalized spacial score (nSPS) is 12.9. The molecule has 0 atom stereocenters. The van der Waals surface area contributed by atoms with Gasteiger partial charge < -0.3 is 0 Å². The summed E-state index contributed by atoms with van der Waals surface area (Å²) in [5, 5.41) is 0. The van der Waals surface area contributed by atoms with Crippen LogP contribution in [-0.4, -0.2) is 19.9 Å². The van der Waals surface area contributed by atoms with Crippen LogP contribution in [0.5, 0.6) is 0 Å². The molecule has 0 fully saturated rings. The second-order valence-corrected chi connectivity index (χ2v) is 14.2. The van der Waals surface area contributed by atoms with Gasteiger partial charge in [0, 0.05) is 29.1 Å². The van der Waals surface area contributed by atoms with Gasteiger partial charge in [-0.3, -0.25) is 4.98 Å². The molecule has 256 valence electrons. The Balaban J connectivity index is 1.05. The third-order valence-corrected chi connectivity index (χ3v) is 11.3. The fourth-order valence-corrected chi connectivity index (χ4v) is 8.82. The summed E-state index contributed by atoms with van der Waals surface area (Å²) >= 11 is 0. The van der Waals surface area contributed by atoms with Crippen molar-refractivity contribution < 1.29 is 0 Å². The molecule has 4 nitrogen and oxygen atoms in total. The number of rotatable bonds is 5. The van der Waals surface area contributed by atoms with Gasteiger partial charge in [0.2, 0.25) is 0 Å². The maximum Gasteiger partial charge on any atom is 0.164 e.